The summed E-state index contributed by atoms with van der Waals surface area (Å²) in [7, 11) is 0. The Morgan fingerprint density at radius 2 is 2.00 bits per heavy atom. The number of hydrogen-bond donors (Lipinski definition) is 0. The van der Waals surface area contributed by atoms with Crippen LogP contribution in [0.4, 0.5) is 0 Å². The minimum atomic E-state index is -0.543. The van der Waals surface area contributed by atoms with Crippen LogP contribution in [0.15, 0.2) is 30.3 Å². The SMILES string of the molecule is CC(=O)OC(C)(C)C1=CCc2ccccc21. The predicted octanol–water partition coefficient (Wildman–Crippen LogP) is 2.97. The van der Waals surface area contributed by atoms with Crippen molar-refractivity contribution in [3.63, 3.8) is 0 Å². The summed E-state index contributed by atoms with van der Waals surface area (Å²) in [6.45, 7) is 5.31. The lowest BCUT2D eigenvalue weighted by molar-refractivity contribution is -0.148. The molecular weight excluding hydrogens is 200 g/mol. The molecule has 0 saturated carbocycles. The lowest BCUT2D eigenvalue weighted by Crippen LogP contribution is -2.28. The zero-order chi connectivity index (χ0) is 11.8. The van der Waals surface area contributed by atoms with Crippen molar-refractivity contribution in [1.82, 2.24) is 0 Å². The first-order valence-electron chi connectivity index (χ1n) is 5.49. The van der Waals surface area contributed by atoms with Gasteiger partial charge in [-0.3, -0.25) is 4.79 Å². The molecule has 0 bridgehead atoms. The van der Waals surface area contributed by atoms with Gasteiger partial charge in [0.1, 0.15) is 5.60 Å². The van der Waals surface area contributed by atoms with Gasteiger partial charge in [-0.1, -0.05) is 30.3 Å². The number of ether oxygens (including phenoxy) is 1. The van der Waals surface area contributed by atoms with Crippen molar-refractivity contribution in [1.29, 1.82) is 0 Å². The van der Waals surface area contributed by atoms with Crippen molar-refractivity contribution in [3.05, 3.63) is 41.5 Å². The molecule has 1 aromatic rings. The minimum absolute atomic E-state index is 0.240. The molecule has 0 N–H and O–H groups in total. The Labute approximate surface area is 95.9 Å². The van der Waals surface area contributed by atoms with E-state index in [1.54, 1.807) is 0 Å². The lowest BCUT2D eigenvalue weighted by Gasteiger charge is -2.26. The van der Waals surface area contributed by atoms with E-state index in [4.69, 9.17) is 4.74 Å². The summed E-state index contributed by atoms with van der Waals surface area (Å²) in [4.78, 5) is 11.1. The Balaban J connectivity index is 2.34. The summed E-state index contributed by atoms with van der Waals surface area (Å²) in [6, 6.07) is 8.25. The number of esters is 1. The highest BCUT2D eigenvalue weighted by molar-refractivity contribution is 5.80. The number of allylic oxidation sites excluding steroid dienone is 1. The van der Waals surface area contributed by atoms with Gasteiger partial charge in [0.05, 0.1) is 0 Å². The quantitative estimate of drug-likeness (QED) is 0.710. The van der Waals surface area contributed by atoms with E-state index in [9.17, 15) is 4.79 Å². The van der Waals surface area contributed by atoms with Gasteiger partial charge in [-0.2, -0.15) is 0 Å². The molecule has 2 heteroatoms. The summed E-state index contributed by atoms with van der Waals surface area (Å²) in [6.07, 6.45) is 3.07. The first kappa shape index (κ1) is 10.9. The predicted molar refractivity (Wildman–Crippen MR) is 64.0 cm³/mol. The normalized spacial score (nSPS) is 14.3. The Bertz CT molecular complexity index is 456. The molecule has 16 heavy (non-hydrogen) atoms. The molecule has 1 aliphatic carbocycles. The second-order valence-electron chi connectivity index (χ2n) is 4.58. The summed E-state index contributed by atoms with van der Waals surface area (Å²) in [5.74, 6) is -0.240. The van der Waals surface area contributed by atoms with Gasteiger partial charge >= 0.3 is 5.97 Å². The maximum absolute atomic E-state index is 11.1. The van der Waals surface area contributed by atoms with E-state index in [0.29, 0.717) is 0 Å². The van der Waals surface area contributed by atoms with Gasteiger partial charge < -0.3 is 4.74 Å². The van der Waals surface area contributed by atoms with E-state index in [2.05, 4.69) is 18.2 Å². The van der Waals surface area contributed by atoms with E-state index < -0.39 is 5.60 Å². The number of carbonyl (C=O) groups excluding carboxylic acids is 1. The van der Waals surface area contributed by atoms with Crippen molar-refractivity contribution >= 4 is 11.5 Å². The lowest BCUT2D eigenvalue weighted by atomic mass is 9.92. The average molecular weight is 216 g/mol. The van der Waals surface area contributed by atoms with Gasteiger partial charge in [0, 0.05) is 6.92 Å². The van der Waals surface area contributed by atoms with Crippen LogP contribution in [0.5, 0.6) is 0 Å². The largest absolute Gasteiger partial charge is 0.455 e. The van der Waals surface area contributed by atoms with Crippen molar-refractivity contribution < 1.29 is 9.53 Å². The maximum atomic E-state index is 11.1. The summed E-state index contributed by atoms with van der Waals surface area (Å²) >= 11 is 0. The van der Waals surface area contributed by atoms with Crippen LogP contribution in [0.3, 0.4) is 0 Å². The van der Waals surface area contributed by atoms with Crippen molar-refractivity contribution in [3.8, 4) is 0 Å². The van der Waals surface area contributed by atoms with Crippen LogP contribution in [-0.4, -0.2) is 11.6 Å². The van der Waals surface area contributed by atoms with Crippen LogP contribution >= 0.6 is 0 Å². The van der Waals surface area contributed by atoms with Crippen molar-refractivity contribution in [2.24, 2.45) is 0 Å². The maximum Gasteiger partial charge on any atom is 0.303 e. The molecule has 0 spiro atoms. The number of rotatable bonds is 2. The monoisotopic (exact) mass is 216 g/mol. The second-order valence-corrected chi connectivity index (χ2v) is 4.58. The number of benzene rings is 1. The highest BCUT2D eigenvalue weighted by Gasteiger charge is 2.31. The molecule has 0 aromatic heterocycles. The third kappa shape index (κ3) is 1.87. The Morgan fingerprint density at radius 3 is 2.69 bits per heavy atom. The van der Waals surface area contributed by atoms with Gasteiger partial charge in [-0.05, 0) is 37.0 Å². The molecule has 0 saturated heterocycles. The van der Waals surface area contributed by atoms with E-state index in [0.717, 1.165) is 12.0 Å². The zero-order valence-corrected chi connectivity index (χ0v) is 9.91. The van der Waals surface area contributed by atoms with Gasteiger partial charge in [0.15, 0.2) is 0 Å². The molecule has 0 aliphatic heterocycles. The molecule has 0 radical (unpaired) electrons. The summed E-state index contributed by atoms with van der Waals surface area (Å²) < 4.78 is 5.37. The first-order chi connectivity index (χ1) is 7.50. The fraction of sp³-hybridized carbons (Fsp3) is 0.357. The van der Waals surface area contributed by atoms with Crippen LogP contribution in [0, 0.1) is 0 Å². The van der Waals surface area contributed by atoms with Crippen LogP contribution in [-0.2, 0) is 16.0 Å². The highest BCUT2D eigenvalue weighted by Crippen LogP contribution is 2.37. The third-order valence-electron chi connectivity index (χ3n) is 2.88. The Morgan fingerprint density at radius 1 is 1.31 bits per heavy atom. The number of carbonyl (C=O) groups is 1. The van der Waals surface area contributed by atoms with Gasteiger partial charge in [0.2, 0.25) is 0 Å². The van der Waals surface area contributed by atoms with E-state index in [1.807, 2.05) is 26.0 Å². The van der Waals surface area contributed by atoms with Gasteiger partial charge in [-0.15, -0.1) is 0 Å². The summed E-state index contributed by atoms with van der Waals surface area (Å²) in [5, 5.41) is 0. The molecule has 0 amide bonds. The first-order valence-corrected chi connectivity index (χ1v) is 5.49. The number of fused-ring (bicyclic) bond motifs is 1. The van der Waals surface area contributed by atoms with Crippen LogP contribution < -0.4 is 0 Å². The van der Waals surface area contributed by atoms with E-state index >= 15 is 0 Å². The molecular formula is C14H16O2. The smallest absolute Gasteiger partial charge is 0.303 e. The molecule has 2 rings (SSSR count). The molecule has 0 atom stereocenters. The van der Waals surface area contributed by atoms with Crippen LogP contribution in [0.1, 0.15) is 31.9 Å². The molecule has 1 aliphatic rings. The van der Waals surface area contributed by atoms with Crippen LogP contribution in [0.25, 0.3) is 5.57 Å². The van der Waals surface area contributed by atoms with Gasteiger partial charge in [-0.25, -0.2) is 0 Å². The Kier molecular flexibility index (Phi) is 2.58. The topological polar surface area (TPSA) is 26.3 Å². The minimum Gasteiger partial charge on any atom is -0.455 e. The highest BCUT2D eigenvalue weighted by atomic mass is 16.6. The molecule has 0 fully saturated rings. The van der Waals surface area contributed by atoms with Gasteiger partial charge in [0.25, 0.3) is 0 Å². The Hall–Kier alpha value is -1.57. The number of hydrogen-bond acceptors (Lipinski definition) is 2. The standard InChI is InChI=1S/C14H16O2/c1-10(15)16-14(2,3)13-9-8-11-6-4-5-7-12(11)13/h4-7,9H,8H2,1-3H3. The fourth-order valence-electron chi connectivity index (χ4n) is 2.27. The van der Waals surface area contributed by atoms with Crippen molar-refractivity contribution in [2.75, 3.05) is 0 Å². The zero-order valence-electron chi connectivity index (χ0n) is 9.91. The molecule has 1 aromatic carbocycles. The molecule has 0 unspecified atom stereocenters. The average Bonchev–Trinajstić information content (AvgIpc) is 2.59. The third-order valence-corrected chi connectivity index (χ3v) is 2.88. The fourth-order valence-corrected chi connectivity index (χ4v) is 2.27. The second kappa shape index (κ2) is 3.78. The molecule has 84 valence electrons. The molecule has 2 nitrogen and oxygen atoms in total. The summed E-state index contributed by atoms with van der Waals surface area (Å²) in [5.41, 5.74) is 3.07. The molecule has 0 heterocycles. The van der Waals surface area contributed by atoms with E-state index in [1.165, 1.54) is 18.1 Å². The van der Waals surface area contributed by atoms with Crippen molar-refractivity contribution in [2.45, 2.75) is 32.8 Å². The van der Waals surface area contributed by atoms with Crippen LogP contribution in [0.2, 0.25) is 0 Å². The van der Waals surface area contributed by atoms with E-state index in [-0.39, 0.29) is 5.97 Å².